The molecule has 1 saturated heterocycles. The molecule has 0 aromatic carbocycles. The molecule has 78 valence electrons. The average Bonchev–Trinajstić information content (AvgIpc) is 2.43. The molecule has 3 N–H and O–H groups in total. The van der Waals surface area contributed by atoms with Gasteiger partial charge in [-0.3, -0.25) is 0 Å². The second-order valence-corrected chi connectivity index (χ2v) is 3.86. The number of nitrogens with two attached hydrogens (primary N) is 1. The minimum Gasteiger partial charge on any atom is -0.387 e. The average molecular weight is 188 g/mol. The Morgan fingerprint density at radius 2 is 2.38 bits per heavy atom. The molecule has 0 amide bonds. The zero-order valence-corrected chi connectivity index (χ0v) is 8.49. The summed E-state index contributed by atoms with van der Waals surface area (Å²) >= 11 is 0. The lowest BCUT2D eigenvalue weighted by atomic mass is 9.94. The van der Waals surface area contributed by atoms with Gasteiger partial charge in [0.25, 0.3) is 0 Å². The summed E-state index contributed by atoms with van der Waals surface area (Å²) in [5.74, 6) is 0. The fourth-order valence-corrected chi connectivity index (χ4v) is 1.71. The molecule has 0 aliphatic carbocycles. The fourth-order valence-electron chi connectivity index (χ4n) is 1.71. The molecule has 4 heteroatoms. The van der Waals surface area contributed by atoms with Crippen molar-refractivity contribution in [1.29, 1.82) is 0 Å². The predicted octanol–water partition coefficient (Wildman–Crippen LogP) is -0.583. The molecule has 13 heavy (non-hydrogen) atoms. The van der Waals surface area contributed by atoms with E-state index in [1.54, 1.807) is 0 Å². The Labute approximate surface area is 79.7 Å². The fraction of sp³-hybridized carbons (Fsp3) is 1.00. The maximum Gasteiger partial charge on any atom is 0.0958 e. The van der Waals surface area contributed by atoms with Crippen LogP contribution in [-0.2, 0) is 4.74 Å². The monoisotopic (exact) mass is 188 g/mol. The highest BCUT2D eigenvalue weighted by Gasteiger charge is 2.39. The minimum atomic E-state index is -0.746. The molecular weight excluding hydrogens is 168 g/mol. The van der Waals surface area contributed by atoms with Gasteiger partial charge < -0.3 is 20.5 Å². The largest absolute Gasteiger partial charge is 0.387 e. The third-order valence-corrected chi connectivity index (χ3v) is 2.66. The summed E-state index contributed by atoms with van der Waals surface area (Å²) in [6.07, 6.45) is 0.748. The Balaban J connectivity index is 2.40. The summed E-state index contributed by atoms with van der Waals surface area (Å²) in [4.78, 5) is 2.09. The Morgan fingerprint density at radius 3 is 2.85 bits per heavy atom. The molecule has 0 aromatic heterocycles. The molecule has 1 fully saturated rings. The number of likely N-dealkylation sites (N-methyl/N-ethyl adjacent to an activating group) is 1. The maximum absolute atomic E-state index is 10.1. The lowest BCUT2D eigenvalue weighted by molar-refractivity contribution is -0.00828. The van der Waals surface area contributed by atoms with Gasteiger partial charge in [-0.1, -0.05) is 0 Å². The van der Waals surface area contributed by atoms with Crippen LogP contribution in [0.2, 0.25) is 0 Å². The van der Waals surface area contributed by atoms with E-state index in [4.69, 9.17) is 10.5 Å². The van der Waals surface area contributed by atoms with Crippen LogP contribution in [0.1, 0.15) is 13.3 Å². The van der Waals surface area contributed by atoms with Gasteiger partial charge in [0.2, 0.25) is 0 Å². The van der Waals surface area contributed by atoms with Crippen molar-refractivity contribution in [1.82, 2.24) is 4.90 Å². The van der Waals surface area contributed by atoms with Crippen molar-refractivity contribution in [3.63, 3.8) is 0 Å². The second kappa shape index (κ2) is 4.37. The molecule has 1 aliphatic heterocycles. The standard InChI is InChI=1S/C9H20N2O2/c1-3-13-6-8(10)9(12)4-5-11(2)7-9/h8,12H,3-7,10H2,1-2H3. The number of hydrogen-bond donors (Lipinski definition) is 2. The van der Waals surface area contributed by atoms with E-state index < -0.39 is 5.60 Å². The quantitative estimate of drug-likeness (QED) is 0.619. The van der Waals surface area contributed by atoms with E-state index in [-0.39, 0.29) is 6.04 Å². The summed E-state index contributed by atoms with van der Waals surface area (Å²) in [6.45, 7) is 4.59. The van der Waals surface area contributed by atoms with E-state index in [2.05, 4.69) is 4.90 Å². The number of hydrogen-bond acceptors (Lipinski definition) is 4. The van der Waals surface area contributed by atoms with Crippen LogP contribution < -0.4 is 5.73 Å². The first-order chi connectivity index (χ1) is 6.08. The van der Waals surface area contributed by atoms with Gasteiger partial charge >= 0.3 is 0 Å². The summed E-state index contributed by atoms with van der Waals surface area (Å²) in [7, 11) is 1.99. The van der Waals surface area contributed by atoms with Gasteiger partial charge in [0.05, 0.1) is 18.2 Å². The van der Waals surface area contributed by atoms with Gasteiger partial charge in [-0.25, -0.2) is 0 Å². The van der Waals surface area contributed by atoms with E-state index in [1.807, 2.05) is 14.0 Å². The van der Waals surface area contributed by atoms with Crippen LogP contribution in [-0.4, -0.2) is 55.0 Å². The second-order valence-electron chi connectivity index (χ2n) is 3.86. The molecule has 1 rings (SSSR count). The number of β-amino-alcohol motifs (C(OH)–C–C–N with tert-alkyl or cyclic N) is 1. The van der Waals surface area contributed by atoms with Crippen molar-refractivity contribution in [3.8, 4) is 0 Å². The van der Waals surface area contributed by atoms with Crippen LogP contribution in [0.4, 0.5) is 0 Å². The first kappa shape index (κ1) is 10.9. The molecular formula is C9H20N2O2. The van der Waals surface area contributed by atoms with Gasteiger partial charge in [-0.15, -0.1) is 0 Å². The van der Waals surface area contributed by atoms with Gasteiger partial charge in [-0.05, 0) is 20.4 Å². The number of likely N-dealkylation sites (tertiary alicyclic amines) is 1. The van der Waals surface area contributed by atoms with Gasteiger partial charge in [-0.2, -0.15) is 0 Å². The Morgan fingerprint density at radius 1 is 1.69 bits per heavy atom. The molecule has 0 aromatic rings. The summed E-state index contributed by atoms with van der Waals surface area (Å²) < 4.78 is 5.20. The van der Waals surface area contributed by atoms with Crippen molar-refractivity contribution in [2.45, 2.75) is 25.0 Å². The van der Waals surface area contributed by atoms with E-state index in [1.165, 1.54) is 0 Å². The van der Waals surface area contributed by atoms with Crippen molar-refractivity contribution < 1.29 is 9.84 Å². The SMILES string of the molecule is CCOCC(N)C1(O)CCN(C)C1. The zero-order valence-electron chi connectivity index (χ0n) is 8.49. The molecule has 0 spiro atoms. The van der Waals surface area contributed by atoms with E-state index in [0.29, 0.717) is 19.8 Å². The molecule has 1 heterocycles. The normalized spacial score (nSPS) is 32.3. The van der Waals surface area contributed by atoms with Crippen molar-refractivity contribution in [3.05, 3.63) is 0 Å². The van der Waals surface area contributed by atoms with E-state index >= 15 is 0 Å². The Bertz CT molecular complexity index is 166. The smallest absolute Gasteiger partial charge is 0.0958 e. The number of aliphatic hydroxyl groups is 1. The van der Waals surface area contributed by atoms with Crippen LogP contribution in [0.3, 0.4) is 0 Å². The first-order valence-corrected chi connectivity index (χ1v) is 4.83. The highest BCUT2D eigenvalue weighted by Crippen LogP contribution is 2.22. The summed E-state index contributed by atoms with van der Waals surface area (Å²) in [5, 5.41) is 10.1. The van der Waals surface area contributed by atoms with Crippen LogP contribution in [0, 0.1) is 0 Å². The van der Waals surface area contributed by atoms with E-state index in [9.17, 15) is 5.11 Å². The number of rotatable bonds is 4. The molecule has 0 bridgehead atoms. The molecule has 4 nitrogen and oxygen atoms in total. The van der Waals surface area contributed by atoms with Crippen molar-refractivity contribution >= 4 is 0 Å². The Hall–Kier alpha value is -0.160. The van der Waals surface area contributed by atoms with Crippen LogP contribution in [0.25, 0.3) is 0 Å². The number of nitrogens with zero attached hydrogens (tertiary/aromatic N) is 1. The van der Waals surface area contributed by atoms with Crippen LogP contribution >= 0.6 is 0 Å². The third kappa shape index (κ3) is 2.64. The molecule has 0 saturated carbocycles. The van der Waals surface area contributed by atoms with Gasteiger partial charge in [0.15, 0.2) is 0 Å². The van der Waals surface area contributed by atoms with Crippen LogP contribution in [0.15, 0.2) is 0 Å². The third-order valence-electron chi connectivity index (χ3n) is 2.66. The highest BCUT2D eigenvalue weighted by molar-refractivity contribution is 4.96. The lowest BCUT2D eigenvalue weighted by Crippen LogP contribution is -2.52. The molecule has 0 radical (unpaired) electrons. The lowest BCUT2D eigenvalue weighted by Gasteiger charge is -2.29. The topological polar surface area (TPSA) is 58.7 Å². The minimum absolute atomic E-state index is 0.266. The summed E-state index contributed by atoms with van der Waals surface area (Å²) in [5.41, 5.74) is 5.11. The highest BCUT2D eigenvalue weighted by atomic mass is 16.5. The summed E-state index contributed by atoms with van der Waals surface area (Å²) in [6, 6.07) is -0.266. The van der Waals surface area contributed by atoms with Crippen molar-refractivity contribution in [2.75, 3.05) is 33.4 Å². The van der Waals surface area contributed by atoms with Gasteiger partial charge in [0, 0.05) is 19.7 Å². The maximum atomic E-state index is 10.1. The Kier molecular flexibility index (Phi) is 3.67. The zero-order chi connectivity index (χ0) is 9.90. The molecule has 2 unspecified atom stereocenters. The molecule has 2 atom stereocenters. The molecule has 1 aliphatic rings. The first-order valence-electron chi connectivity index (χ1n) is 4.83. The van der Waals surface area contributed by atoms with Gasteiger partial charge in [0.1, 0.15) is 0 Å². The number of ether oxygens (including phenoxy) is 1. The van der Waals surface area contributed by atoms with Crippen LogP contribution in [0.5, 0.6) is 0 Å². The van der Waals surface area contributed by atoms with Crippen molar-refractivity contribution in [2.24, 2.45) is 5.73 Å². The predicted molar refractivity (Wildman–Crippen MR) is 51.5 cm³/mol. The van der Waals surface area contributed by atoms with E-state index in [0.717, 1.165) is 13.0 Å².